The molecule has 1 saturated carbocycles. The first-order chi connectivity index (χ1) is 15.5. The van der Waals surface area contributed by atoms with Gasteiger partial charge in [-0.3, -0.25) is 0 Å². The summed E-state index contributed by atoms with van der Waals surface area (Å²) in [4.78, 5) is 5.00. The van der Waals surface area contributed by atoms with Gasteiger partial charge < -0.3 is 16.4 Å². The van der Waals surface area contributed by atoms with Crippen LogP contribution in [0.4, 0.5) is 17.3 Å². The monoisotopic (exact) mass is 455 g/mol. The molecule has 3 heterocycles. The summed E-state index contributed by atoms with van der Waals surface area (Å²) < 4.78 is 28.8. The summed E-state index contributed by atoms with van der Waals surface area (Å²) in [5, 5.41) is 11.3. The van der Waals surface area contributed by atoms with Gasteiger partial charge in [0.05, 0.1) is 11.1 Å². The van der Waals surface area contributed by atoms with Gasteiger partial charge in [-0.2, -0.15) is 13.9 Å². The number of nitrogens with one attached hydrogen (secondary N) is 2. The van der Waals surface area contributed by atoms with E-state index in [1.807, 2.05) is 12.1 Å². The van der Waals surface area contributed by atoms with Gasteiger partial charge in [-0.15, -0.1) is 0 Å². The number of anilines is 3. The molecule has 3 aromatic rings. The second-order valence-electron chi connectivity index (χ2n) is 8.64. The topological polar surface area (TPSA) is 118 Å². The summed E-state index contributed by atoms with van der Waals surface area (Å²) in [7, 11) is -3.42. The van der Waals surface area contributed by atoms with Gasteiger partial charge >= 0.3 is 0 Å². The van der Waals surface area contributed by atoms with Crippen LogP contribution in [0.3, 0.4) is 0 Å². The van der Waals surface area contributed by atoms with Crippen molar-refractivity contribution in [2.24, 2.45) is 5.73 Å². The van der Waals surface area contributed by atoms with Crippen molar-refractivity contribution in [3.05, 3.63) is 42.6 Å². The van der Waals surface area contributed by atoms with Crippen LogP contribution < -0.4 is 16.4 Å². The smallest absolute Gasteiger partial charge is 0.243 e. The molecule has 0 bridgehead atoms. The molecule has 0 unspecified atom stereocenters. The van der Waals surface area contributed by atoms with Crippen LogP contribution in [-0.2, 0) is 10.0 Å². The summed E-state index contributed by atoms with van der Waals surface area (Å²) >= 11 is 0. The highest BCUT2D eigenvalue weighted by molar-refractivity contribution is 7.89. The van der Waals surface area contributed by atoms with E-state index in [4.69, 9.17) is 5.73 Å². The van der Waals surface area contributed by atoms with E-state index in [2.05, 4.69) is 20.7 Å². The van der Waals surface area contributed by atoms with Crippen molar-refractivity contribution >= 4 is 33.0 Å². The summed E-state index contributed by atoms with van der Waals surface area (Å²) in [6.07, 6.45) is 7.65. The molecule has 1 saturated heterocycles. The molecular formula is C22H29N7O2S. The average molecular weight is 456 g/mol. The van der Waals surface area contributed by atoms with Crippen LogP contribution in [-0.4, -0.2) is 52.5 Å². The number of rotatable bonds is 6. The standard InChI is InChI=1S/C22H29N7O2S/c23-16-3-5-17(6-4-16)25-20-15-22(29-21(27-20)11-12-24-29)26-18-7-9-19(10-8-18)32(30,31)28-13-1-2-14-28/h7-12,15-17,26H,1-6,13-14,23H2,(H,25,27). The lowest BCUT2D eigenvalue weighted by Crippen LogP contribution is -2.33. The Morgan fingerprint density at radius 1 is 1.00 bits per heavy atom. The lowest BCUT2D eigenvalue weighted by molar-refractivity contribution is 0.410. The van der Waals surface area contributed by atoms with Crippen LogP contribution in [0.2, 0.25) is 0 Å². The third-order valence-electron chi connectivity index (χ3n) is 6.31. The highest BCUT2D eigenvalue weighted by Gasteiger charge is 2.27. The zero-order chi connectivity index (χ0) is 22.1. The summed E-state index contributed by atoms with van der Waals surface area (Å²) in [5.74, 6) is 1.54. The van der Waals surface area contributed by atoms with E-state index in [1.54, 1.807) is 39.3 Å². The molecule has 9 nitrogen and oxygen atoms in total. The van der Waals surface area contributed by atoms with Gasteiger partial charge in [0.1, 0.15) is 11.6 Å². The van der Waals surface area contributed by atoms with E-state index in [0.29, 0.717) is 30.1 Å². The maximum absolute atomic E-state index is 12.8. The molecule has 2 aliphatic rings. The Morgan fingerprint density at radius 3 is 2.44 bits per heavy atom. The first kappa shape index (κ1) is 21.2. The van der Waals surface area contributed by atoms with Crippen molar-refractivity contribution in [3.8, 4) is 0 Å². The van der Waals surface area contributed by atoms with Gasteiger partial charge in [-0.25, -0.2) is 13.4 Å². The predicted octanol–water partition coefficient (Wildman–Crippen LogP) is 2.94. The Kier molecular flexibility index (Phi) is 5.75. The second-order valence-corrected chi connectivity index (χ2v) is 10.6. The van der Waals surface area contributed by atoms with Gasteiger partial charge in [0.15, 0.2) is 5.65 Å². The van der Waals surface area contributed by atoms with E-state index >= 15 is 0 Å². The highest BCUT2D eigenvalue weighted by Crippen LogP contribution is 2.26. The minimum atomic E-state index is -3.42. The molecule has 0 spiro atoms. The zero-order valence-corrected chi connectivity index (χ0v) is 18.8. The Morgan fingerprint density at radius 2 is 1.72 bits per heavy atom. The maximum Gasteiger partial charge on any atom is 0.243 e. The third-order valence-corrected chi connectivity index (χ3v) is 8.23. The van der Waals surface area contributed by atoms with Crippen LogP contribution in [0.5, 0.6) is 0 Å². The average Bonchev–Trinajstić information content (AvgIpc) is 3.48. The van der Waals surface area contributed by atoms with E-state index in [9.17, 15) is 8.42 Å². The molecule has 5 rings (SSSR count). The molecular weight excluding hydrogens is 426 g/mol. The van der Waals surface area contributed by atoms with E-state index in [-0.39, 0.29) is 0 Å². The molecule has 1 aliphatic heterocycles. The largest absolute Gasteiger partial charge is 0.367 e. The lowest BCUT2D eigenvalue weighted by Gasteiger charge is -2.27. The molecule has 0 amide bonds. The Labute approximate surface area is 188 Å². The van der Waals surface area contributed by atoms with E-state index < -0.39 is 10.0 Å². The summed E-state index contributed by atoms with van der Waals surface area (Å²) in [6, 6.07) is 11.3. The van der Waals surface area contributed by atoms with Crippen LogP contribution in [0.25, 0.3) is 5.65 Å². The molecule has 4 N–H and O–H groups in total. The number of hydrogen-bond donors (Lipinski definition) is 3. The SMILES string of the molecule is NC1CCC(Nc2cc(Nc3ccc(S(=O)(=O)N4CCCC4)cc3)n3nccc3n2)CC1. The Bertz CT molecular complexity index is 1180. The van der Waals surface area contributed by atoms with Gasteiger partial charge in [-0.1, -0.05) is 0 Å². The van der Waals surface area contributed by atoms with Crippen LogP contribution in [0.15, 0.2) is 47.5 Å². The van der Waals surface area contributed by atoms with Crippen molar-refractivity contribution in [1.29, 1.82) is 0 Å². The zero-order valence-electron chi connectivity index (χ0n) is 17.9. The number of benzene rings is 1. The van der Waals surface area contributed by atoms with Crippen molar-refractivity contribution < 1.29 is 8.42 Å². The van der Waals surface area contributed by atoms with Gasteiger partial charge in [0.2, 0.25) is 10.0 Å². The molecule has 170 valence electrons. The van der Waals surface area contributed by atoms with Gasteiger partial charge in [0, 0.05) is 43.0 Å². The molecule has 1 aliphatic carbocycles. The van der Waals surface area contributed by atoms with Crippen molar-refractivity contribution in [3.63, 3.8) is 0 Å². The van der Waals surface area contributed by atoms with Crippen molar-refractivity contribution in [1.82, 2.24) is 18.9 Å². The van der Waals surface area contributed by atoms with Crippen molar-refractivity contribution in [2.45, 2.75) is 55.5 Å². The fraction of sp³-hybridized carbons (Fsp3) is 0.455. The van der Waals surface area contributed by atoms with E-state index in [1.165, 1.54) is 0 Å². The number of aromatic nitrogens is 3. The third kappa shape index (κ3) is 4.30. The van der Waals surface area contributed by atoms with Gasteiger partial charge in [0.25, 0.3) is 0 Å². The molecule has 0 radical (unpaired) electrons. The number of hydrogen-bond acceptors (Lipinski definition) is 7. The quantitative estimate of drug-likeness (QED) is 0.523. The second kappa shape index (κ2) is 8.68. The van der Waals surface area contributed by atoms with Gasteiger partial charge in [-0.05, 0) is 62.8 Å². The van der Waals surface area contributed by atoms with Crippen LogP contribution in [0, 0.1) is 0 Å². The summed E-state index contributed by atoms with van der Waals surface area (Å²) in [5.41, 5.74) is 7.54. The first-order valence-electron chi connectivity index (χ1n) is 11.2. The Hall–Kier alpha value is -2.69. The number of nitrogens with two attached hydrogens (primary N) is 1. The van der Waals surface area contributed by atoms with Crippen LogP contribution in [0.1, 0.15) is 38.5 Å². The molecule has 1 aromatic carbocycles. The Balaban J connectivity index is 1.36. The fourth-order valence-electron chi connectivity index (χ4n) is 4.48. The van der Waals surface area contributed by atoms with Crippen LogP contribution >= 0.6 is 0 Å². The molecule has 0 atom stereocenters. The van der Waals surface area contributed by atoms with Crippen molar-refractivity contribution in [2.75, 3.05) is 23.7 Å². The minimum absolute atomic E-state index is 0.299. The first-order valence-corrected chi connectivity index (χ1v) is 12.7. The highest BCUT2D eigenvalue weighted by atomic mass is 32.2. The fourth-order valence-corrected chi connectivity index (χ4v) is 6.00. The summed E-state index contributed by atoms with van der Waals surface area (Å²) in [6.45, 7) is 1.19. The predicted molar refractivity (Wildman–Crippen MR) is 125 cm³/mol. The number of fused-ring (bicyclic) bond motifs is 1. The normalized spacial score (nSPS) is 22.3. The number of nitrogens with zero attached hydrogens (tertiary/aromatic N) is 4. The molecule has 10 heteroatoms. The minimum Gasteiger partial charge on any atom is -0.367 e. The van der Waals surface area contributed by atoms with E-state index in [0.717, 1.165) is 61.5 Å². The molecule has 2 fully saturated rings. The molecule has 32 heavy (non-hydrogen) atoms. The maximum atomic E-state index is 12.8. The molecule has 2 aromatic heterocycles. The number of sulfonamides is 1. The lowest BCUT2D eigenvalue weighted by atomic mass is 9.92.